The molecule has 6 heteroatoms. The number of ether oxygens (including phenoxy) is 2. The molecule has 0 aromatic heterocycles. The van der Waals surface area contributed by atoms with Crippen LogP contribution in [0, 0.1) is 0 Å². The van der Waals surface area contributed by atoms with Crippen LogP contribution in [-0.4, -0.2) is 42.5 Å². The van der Waals surface area contributed by atoms with E-state index >= 15 is 0 Å². The van der Waals surface area contributed by atoms with E-state index in [9.17, 15) is 9.59 Å². The van der Waals surface area contributed by atoms with E-state index in [1.165, 1.54) is 12.0 Å². The van der Waals surface area contributed by atoms with Gasteiger partial charge >= 0.3 is 0 Å². The van der Waals surface area contributed by atoms with Crippen molar-refractivity contribution in [3.63, 3.8) is 0 Å². The van der Waals surface area contributed by atoms with Gasteiger partial charge in [0.1, 0.15) is 17.5 Å². The fourth-order valence-electron chi connectivity index (χ4n) is 4.48. The van der Waals surface area contributed by atoms with Crippen LogP contribution in [0.1, 0.15) is 63.5 Å². The number of nitrogens with zero attached hydrogens (tertiary/aromatic N) is 1. The molecule has 2 aromatic rings. The second-order valence-electron chi connectivity index (χ2n) is 8.93. The summed E-state index contributed by atoms with van der Waals surface area (Å²) in [6, 6.07) is 15.0. The molecule has 34 heavy (non-hydrogen) atoms. The van der Waals surface area contributed by atoms with Gasteiger partial charge in [-0.25, -0.2) is 0 Å². The molecule has 1 atom stereocenters. The van der Waals surface area contributed by atoms with Crippen LogP contribution in [0.2, 0.25) is 0 Å². The highest BCUT2D eigenvalue weighted by atomic mass is 16.5. The first-order chi connectivity index (χ1) is 16.5. The van der Waals surface area contributed by atoms with Crippen molar-refractivity contribution in [2.24, 2.45) is 0 Å². The van der Waals surface area contributed by atoms with Gasteiger partial charge in [-0.15, -0.1) is 0 Å². The summed E-state index contributed by atoms with van der Waals surface area (Å²) >= 11 is 0. The minimum Gasteiger partial charge on any atom is -0.497 e. The molecule has 0 bridgehead atoms. The zero-order valence-electron chi connectivity index (χ0n) is 20.7. The average molecular weight is 467 g/mol. The predicted octanol–water partition coefficient (Wildman–Crippen LogP) is 4.89. The SMILES string of the molecule is CCc1ccc(OCC(=O)N(Cc2cccc(OC)c2)C(CC)C(=O)NC2CCCCC2)cc1. The molecular formula is C28H38N2O4. The lowest BCUT2D eigenvalue weighted by molar-refractivity contribution is -0.143. The number of rotatable bonds is 11. The van der Waals surface area contributed by atoms with E-state index in [1.54, 1.807) is 12.0 Å². The molecule has 6 nitrogen and oxygen atoms in total. The number of hydrogen-bond acceptors (Lipinski definition) is 4. The van der Waals surface area contributed by atoms with Gasteiger partial charge in [0.05, 0.1) is 7.11 Å². The minimum atomic E-state index is -0.563. The lowest BCUT2D eigenvalue weighted by Crippen LogP contribution is -2.52. The van der Waals surface area contributed by atoms with Crippen LogP contribution in [0.25, 0.3) is 0 Å². The maximum atomic E-state index is 13.4. The van der Waals surface area contributed by atoms with E-state index in [-0.39, 0.29) is 24.5 Å². The number of methoxy groups -OCH3 is 1. The topological polar surface area (TPSA) is 67.9 Å². The molecule has 2 aromatic carbocycles. The Morgan fingerprint density at radius 3 is 2.38 bits per heavy atom. The highest BCUT2D eigenvalue weighted by molar-refractivity contribution is 5.88. The van der Waals surface area contributed by atoms with Crippen molar-refractivity contribution in [2.45, 2.75) is 77.4 Å². The molecule has 0 aliphatic heterocycles. The van der Waals surface area contributed by atoms with Crippen LogP contribution in [-0.2, 0) is 22.6 Å². The molecule has 0 radical (unpaired) electrons. The van der Waals surface area contributed by atoms with Gasteiger partial charge in [-0.1, -0.05) is 57.4 Å². The van der Waals surface area contributed by atoms with Gasteiger partial charge in [-0.05, 0) is 61.1 Å². The third-order valence-corrected chi connectivity index (χ3v) is 6.52. The van der Waals surface area contributed by atoms with Crippen molar-refractivity contribution in [2.75, 3.05) is 13.7 Å². The summed E-state index contributed by atoms with van der Waals surface area (Å²) < 4.78 is 11.2. The van der Waals surface area contributed by atoms with Crippen molar-refractivity contribution >= 4 is 11.8 Å². The van der Waals surface area contributed by atoms with Crippen LogP contribution >= 0.6 is 0 Å². The molecule has 1 unspecified atom stereocenters. The molecule has 2 amide bonds. The first-order valence-electron chi connectivity index (χ1n) is 12.5. The Morgan fingerprint density at radius 1 is 1.00 bits per heavy atom. The fraction of sp³-hybridized carbons (Fsp3) is 0.500. The predicted molar refractivity (Wildman–Crippen MR) is 134 cm³/mol. The van der Waals surface area contributed by atoms with Crippen molar-refractivity contribution in [1.82, 2.24) is 10.2 Å². The van der Waals surface area contributed by atoms with Crippen LogP contribution < -0.4 is 14.8 Å². The second kappa shape index (κ2) is 13.0. The zero-order valence-corrected chi connectivity index (χ0v) is 20.7. The molecule has 1 aliphatic rings. The number of benzene rings is 2. The zero-order chi connectivity index (χ0) is 24.3. The van der Waals surface area contributed by atoms with Crippen molar-refractivity contribution < 1.29 is 19.1 Å². The number of nitrogens with one attached hydrogen (secondary N) is 1. The Morgan fingerprint density at radius 2 is 1.74 bits per heavy atom. The van der Waals surface area contributed by atoms with E-state index in [1.807, 2.05) is 55.5 Å². The van der Waals surface area contributed by atoms with Gasteiger partial charge < -0.3 is 19.7 Å². The molecule has 0 spiro atoms. The third-order valence-electron chi connectivity index (χ3n) is 6.52. The van der Waals surface area contributed by atoms with Gasteiger partial charge in [0.2, 0.25) is 5.91 Å². The van der Waals surface area contributed by atoms with Crippen LogP contribution in [0.5, 0.6) is 11.5 Å². The Labute approximate surface area is 203 Å². The first kappa shape index (κ1) is 25.6. The Bertz CT molecular complexity index is 922. The molecule has 0 saturated heterocycles. The van der Waals surface area contributed by atoms with E-state index in [0.29, 0.717) is 18.7 Å². The smallest absolute Gasteiger partial charge is 0.261 e. The normalized spacial score (nSPS) is 14.8. The monoisotopic (exact) mass is 466 g/mol. The van der Waals surface area contributed by atoms with Gasteiger partial charge in [-0.2, -0.15) is 0 Å². The Hall–Kier alpha value is -3.02. The molecule has 1 saturated carbocycles. The fourth-order valence-corrected chi connectivity index (χ4v) is 4.48. The molecule has 1 fully saturated rings. The summed E-state index contributed by atoms with van der Waals surface area (Å²) in [7, 11) is 1.62. The summed E-state index contributed by atoms with van der Waals surface area (Å²) in [5, 5.41) is 3.20. The second-order valence-corrected chi connectivity index (χ2v) is 8.93. The van der Waals surface area contributed by atoms with Gasteiger partial charge in [0, 0.05) is 12.6 Å². The first-order valence-corrected chi connectivity index (χ1v) is 12.5. The average Bonchev–Trinajstić information content (AvgIpc) is 2.88. The summed E-state index contributed by atoms with van der Waals surface area (Å²) in [5.74, 6) is 1.06. The molecule has 184 valence electrons. The third kappa shape index (κ3) is 7.24. The van der Waals surface area contributed by atoms with E-state index < -0.39 is 6.04 Å². The van der Waals surface area contributed by atoms with Crippen LogP contribution in [0.4, 0.5) is 0 Å². The van der Waals surface area contributed by atoms with Gasteiger partial charge in [0.25, 0.3) is 5.91 Å². The number of aryl methyl sites for hydroxylation is 1. The Balaban J connectivity index is 1.75. The quantitative estimate of drug-likeness (QED) is 0.512. The largest absolute Gasteiger partial charge is 0.497 e. The highest BCUT2D eigenvalue weighted by Crippen LogP contribution is 2.21. The summed E-state index contributed by atoms with van der Waals surface area (Å²) in [5.41, 5.74) is 2.12. The maximum Gasteiger partial charge on any atom is 0.261 e. The summed E-state index contributed by atoms with van der Waals surface area (Å²) in [6.45, 7) is 4.23. The molecule has 1 aliphatic carbocycles. The minimum absolute atomic E-state index is 0.0852. The highest BCUT2D eigenvalue weighted by Gasteiger charge is 2.30. The molecule has 1 N–H and O–H groups in total. The van der Waals surface area contributed by atoms with Crippen LogP contribution in [0.3, 0.4) is 0 Å². The standard InChI is InChI=1S/C28H38N2O4/c1-4-21-14-16-24(17-15-21)34-20-27(31)30(19-22-10-9-13-25(18-22)33-3)26(5-2)28(32)29-23-11-7-6-8-12-23/h9-10,13-18,23,26H,4-8,11-12,19-20H2,1-3H3,(H,29,32). The number of hydrogen-bond donors (Lipinski definition) is 1. The summed E-state index contributed by atoms with van der Waals surface area (Å²) in [6.07, 6.45) is 6.98. The molecule has 3 rings (SSSR count). The number of carbonyl (C=O) groups is 2. The van der Waals surface area contributed by atoms with Crippen LogP contribution in [0.15, 0.2) is 48.5 Å². The Kier molecular flexibility index (Phi) is 9.80. The molecule has 0 heterocycles. The van der Waals surface area contributed by atoms with Gasteiger partial charge in [-0.3, -0.25) is 9.59 Å². The van der Waals surface area contributed by atoms with Crippen molar-refractivity contribution in [3.05, 3.63) is 59.7 Å². The molecular weight excluding hydrogens is 428 g/mol. The lowest BCUT2D eigenvalue weighted by atomic mass is 9.95. The lowest BCUT2D eigenvalue weighted by Gasteiger charge is -2.32. The summed E-state index contributed by atoms with van der Waals surface area (Å²) in [4.78, 5) is 28.3. The van der Waals surface area contributed by atoms with E-state index in [4.69, 9.17) is 9.47 Å². The van der Waals surface area contributed by atoms with E-state index in [2.05, 4.69) is 12.2 Å². The van der Waals surface area contributed by atoms with Crippen molar-refractivity contribution in [1.29, 1.82) is 0 Å². The number of amides is 2. The van der Waals surface area contributed by atoms with Crippen molar-refractivity contribution in [3.8, 4) is 11.5 Å². The van der Waals surface area contributed by atoms with Gasteiger partial charge in [0.15, 0.2) is 6.61 Å². The maximum absolute atomic E-state index is 13.4. The number of carbonyl (C=O) groups excluding carboxylic acids is 2. The van der Waals surface area contributed by atoms with E-state index in [0.717, 1.165) is 43.4 Å².